The van der Waals surface area contributed by atoms with Crippen LogP contribution in [0.15, 0.2) is 78.9 Å². The Labute approximate surface area is 146 Å². The van der Waals surface area contributed by atoms with Crippen molar-refractivity contribution in [2.45, 2.75) is 6.61 Å². The van der Waals surface area contributed by atoms with Gasteiger partial charge in [-0.25, -0.2) is 0 Å². The van der Waals surface area contributed by atoms with Gasteiger partial charge in [-0.15, -0.1) is 0 Å². The third kappa shape index (κ3) is 3.45. The lowest BCUT2D eigenvalue weighted by Crippen LogP contribution is -1.96. The maximum atomic E-state index is 6.00. The van der Waals surface area contributed by atoms with E-state index in [1.165, 1.54) is 0 Å². The van der Waals surface area contributed by atoms with E-state index in [0.717, 1.165) is 33.5 Å². The van der Waals surface area contributed by atoms with E-state index in [1.807, 2.05) is 72.8 Å². The summed E-state index contributed by atoms with van der Waals surface area (Å²) in [5, 5.41) is 8.55. The number of rotatable bonds is 5. The Hall–Kier alpha value is -3.33. The summed E-state index contributed by atoms with van der Waals surface area (Å²) in [7, 11) is 0. The lowest BCUT2D eigenvalue weighted by Gasteiger charge is -2.09. The van der Waals surface area contributed by atoms with Crippen molar-refractivity contribution in [2.75, 3.05) is 0 Å². The van der Waals surface area contributed by atoms with E-state index < -0.39 is 0 Å². The van der Waals surface area contributed by atoms with Gasteiger partial charge in [-0.3, -0.25) is 5.10 Å². The Morgan fingerprint density at radius 2 is 1.56 bits per heavy atom. The SMILES string of the molecule is C(=C\c1n[nH]c2ccccc12)/c1ccccc1OCc1ccccc1. The van der Waals surface area contributed by atoms with E-state index in [-0.39, 0.29) is 0 Å². The van der Waals surface area contributed by atoms with Gasteiger partial charge in [-0.2, -0.15) is 5.10 Å². The molecular weight excluding hydrogens is 308 g/mol. The fourth-order valence-electron chi connectivity index (χ4n) is 2.77. The molecule has 3 heteroatoms. The molecule has 3 aromatic carbocycles. The molecule has 0 spiro atoms. The largest absolute Gasteiger partial charge is 0.488 e. The summed E-state index contributed by atoms with van der Waals surface area (Å²) in [4.78, 5) is 0. The summed E-state index contributed by atoms with van der Waals surface area (Å²) >= 11 is 0. The van der Waals surface area contributed by atoms with Gasteiger partial charge in [0.15, 0.2) is 0 Å². The van der Waals surface area contributed by atoms with Gasteiger partial charge in [0.2, 0.25) is 0 Å². The number of H-pyrrole nitrogens is 1. The molecule has 25 heavy (non-hydrogen) atoms. The minimum atomic E-state index is 0.553. The van der Waals surface area contributed by atoms with E-state index in [1.54, 1.807) is 0 Å². The van der Waals surface area contributed by atoms with Gasteiger partial charge in [-0.05, 0) is 29.8 Å². The van der Waals surface area contributed by atoms with Crippen LogP contribution in [0.3, 0.4) is 0 Å². The van der Waals surface area contributed by atoms with E-state index in [2.05, 4.69) is 28.4 Å². The highest BCUT2D eigenvalue weighted by molar-refractivity contribution is 5.89. The third-order valence-corrected chi connectivity index (χ3v) is 4.08. The number of para-hydroxylation sites is 2. The van der Waals surface area contributed by atoms with Crippen molar-refractivity contribution in [1.29, 1.82) is 0 Å². The summed E-state index contributed by atoms with van der Waals surface area (Å²) in [6, 6.07) is 26.3. The normalized spacial score (nSPS) is 11.2. The summed E-state index contributed by atoms with van der Waals surface area (Å²) in [6.45, 7) is 0.553. The van der Waals surface area contributed by atoms with Crippen LogP contribution in [-0.4, -0.2) is 10.2 Å². The zero-order chi connectivity index (χ0) is 16.9. The van der Waals surface area contributed by atoms with E-state index in [4.69, 9.17) is 4.74 Å². The molecule has 0 fully saturated rings. The number of aromatic nitrogens is 2. The van der Waals surface area contributed by atoms with Gasteiger partial charge in [0, 0.05) is 10.9 Å². The number of nitrogens with zero attached hydrogens (tertiary/aromatic N) is 1. The van der Waals surface area contributed by atoms with Crippen LogP contribution in [0.4, 0.5) is 0 Å². The zero-order valence-electron chi connectivity index (χ0n) is 13.7. The number of hydrogen-bond donors (Lipinski definition) is 1. The lowest BCUT2D eigenvalue weighted by molar-refractivity contribution is 0.305. The van der Waals surface area contributed by atoms with Crippen molar-refractivity contribution >= 4 is 23.1 Å². The minimum Gasteiger partial charge on any atom is -0.488 e. The van der Waals surface area contributed by atoms with Crippen LogP contribution in [0, 0.1) is 0 Å². The van der Waals surface area contributed by atoms with Crippen molar-refractivity contribution in [1.82, 2.24) is 10.2 Å². The van der Waals surface area contributed by atoms with Crippen LogP contribution in [0.1, 0.15) is 16.8 Å². The van der Waals surface area contributed by atoms with Crippen LogP contribution >= 0.6 is 0 Å². The molecule has 0 saturated heterocycles. The topological polar surface area (TPSA) is 37.9 Å². The highest BCUT2D eigenvalue weighted by atomic mass is 16.5. The van der Waals surface area contributed by atoms with Gasteiger partial charge in [0.1, 0.15) is 12.4 Å². The first-order chi connectivity index (χ1) is 12.4. The molecule has 1 heterocycles. The van der Waals surface area contributed by atoms with Crippen LogP contribution in [0.5, 0.6) is 5.75 Å². The van der Waals surface area contributed by atoms with Crippen molar-refractivity contribution in [3.8, 4) is 5.75 Å². The maximum absolute atomic E-state index is 6.00. The molecule has 0 aliphatic heterocycles. The predicted octanol–water partition coefficient (Wildman–Crippen LogP) is 5.31. The molecule has 1 aromatic heterocycles. The molecule has 122 valence electrons. The summed E-state index contributed by atoms with van der Waals surface area (Å²) in [5.74, 6) is 0.863. The molecule has 4 rings (SSSR count). The first-order valence-electron chi connectivity index (χ1n) is 8.27. The number of nitrogens with one attached hydrogen (secondary N) is 1. The highest BCUT2D eigenvalue weighted by Crippen LogP contribution is 2.23. The summed E-state index contributed by atoms with van der Waals surface area (Å²) in [5.41, 5.74) is 4.15. The number of aromatic amines is 1. The van der Waals surface area contributed by atoms with Gasteiger partial charge in [-0.1, -0.05) is 66.7 Å². The average Bonchev–Trinajstić information content (AvgIpc) is 3.09. The summed E-state index contributed by atoms with van der Waals surface area (Å²) < 4.78 is 6.00. The molecule has 0 amide bonds. The van der Waals surface area contributed by atoms with E-state index in [9.17, 15) is 0 Å². The fraction of sp³-hybridized carbons (Fsp3) is 0.0455. The van der Waals surface area contributed by atoms with Gasteiger partial charge < -0.3 is 4.74 Å². The van der Waals surface area contributed by atoms with Crippen molar-refractivity contribution < 1.29 is 4.74 Å². The Bertz CT molecular complexity index is 1000. The number of benzene rings is 3. The standard InChI is InChI=1S/C22H18N2O/c1-2-8-17(9-3-1)16-25-22-13-7-4-10-18(22)14-15-21-19-11-5-6-12-20(19)23-24-21/h1-15H,16H2,(H,23,24)/b15-14+. The number of fused-ring (bicyclic) bond motifs is 1. The smallest absolute Gasteiger partial charge is 0.127 e. The second-order valence-corrected chi connectivity index (χ2v) is 5.80. The second-order valence-electron chi connectivity index (χ2n) is 5.80. The molecule has 1 N–H and O–H groups in total. The molecule has 0 aliphatic rings. The molecule has 0 saturated carbocycles. The molecule has 3 nitrogen and oxygen atoms in total. The van der Waals surface area contributed by atoms with Gasteiger partial charge >= 0.3 is 0 Å². The Kier molecular flexibility index (Phi) is 4.29. The maximum Gasteiger partial charge on any atom is 0.127 e. The van der Waals surface area contributed by atoms with Gasteiger partial charge in [0.25, 0.3) is 0 Å². The van der Waals surface area contributed by atoms with Gasteiger partial charge in [0.05, 0.1) is 11.2 Å². The Morgan fingerprint density at radius 1 is 0.800 bits per heavy atom. The highest BCUT2D eigenvalue weighted by Gasteiger charge is 2.03. The third-order valence-electron chi connectivity index (χ3n) is 4.08. The second kappa shape index (κ2) is 7.05. The Morgan fingerprint density at radius 3 is 2.48 bits per heavy atom. The minimum absolute atomic E-state index is 0.553. The number of hydrogen-bond acceptors (Lipinski definition) is 2. The fourth-order valence-corrected chi connectivity index (χ4v) is 2.77. The monoisotopic (exact) mass is 326 g/mol. The van der Waals surface area contributed by atoms with Crippen molar-refractivity contribution in [3.05, 3.63) is 95.7 Å². The number of ether oxygens (including phenoxy) is 1. The lowest BCUT2D eigenvalue weighted by atomic mass is 10.1. The molecular formula is C22H18N2O. The zero-order valence-corrected chi connectivity index (χ0v) is 13.7. The first kappa shape index (κ1) is 15.2. The molecule has 0 bridgehead atoms. The first-order valence-corrected chi connectivity index (χ1v) is 8.27. The molecule has 0 unspecified atom stereocenters. The average molecular weight is 326 g/mol. The van der Waals surface area contributed by atoms with Crippen LogP contribution in [0.2, 0.25) is 0 Å². The van der Waals surface area contributed by atoms with E-state index >= 15 is 0 Å². The van der Waals surface area contributed by atoms with Crippen molar-refractivity contribution in [2.24, 2.45) is 0 Å². The molecule has 0 radical (unpaired) electrons. The molecule has 0 aliphatic carbocycles. The van der Waals surface area contributed by atoms with E-state index in [0.29, 0.717) is 6.61 Å². The quantitative estimate of drug-likeness (QED) is 0.539. The summed E-state index contributed by atoms with van der Waals surface area (Å²) in [6.07, 6.45) is 4.06. The van der Waals surface area contributed by atoms with Crippen LogP contribution in [0.25, 0.3) is 23.1 Å². The van der Waals surface area contributed by atoms with Crippen LogP contribution in [-0.2, 0) is 6.61 Å². The van der Waals surface area contributed by atoms with Crippen LogP contribution < -0.4 is 4.74 Å². The molecule has 0 atom stereocenters. The predicted molar refractivity (Wildman–Crippen MR) is 102 cm³/mol. The molecule has 4 aromatic rings. The van der Waals surface area contributed by atoms with Crippen molar-refractivity contribution in [3.63, 3.8) is 0 Å². The Balaban J connectivity index is 1.56.